The molecule has 1 aromatic heterocycles. The summed E-state index contributed by atoms with van der Waals surface area (Å²) in [7, 11) is 1.33. The molecule has 0 unspecified atom stereocenters. The largest absolute Gasteiger partial charge is 0.465 e. The van der Waals surface area contributed by atoms with Gasteiger partial charge in [-0.15, -0.1) is 10.2 Å². The van der Waals surface area contributed by atoms with Crippen LogP contribution in [0.4, 0.5) is 11.5 Å². The third-order valence-electron chi connectivity index (χ3n) is 4.27. The van der Waals surface area contributed by atoms with Crippen molar-refractivity contribution in [1.82, 2.24) is 20.4 Å². The van der Waals surface area contributed by atoms with Crippen LogP contribution in [-0.2, 0) is 9.47 Å². The summed E-state index contributed by atoms with van der Waals surface area (Å²) in [5.74, 6) is -0.217. The van der Waals surface area contributed by atoms with Crippen LogP contribution in [0.1, 0.15) is 20.8 Å². The smallest absolute Gasteiger partial charge is 0.337 e. The highest BCUT2D eigenvalue weighted by molar-refractivity contribution is 5.92. The van der Waals surface area contributed by atoms with Crippen LogP contribution in [0.25, 0.3) is 0 Å². The summed E-state index contributed by atoms with van der Waals surface area (Å²) >= 11 is 0. The SMILES string of the molecule is COC(=O)c1cccc(Nc2ccc(C(=O)NCCN3CCOCC3)nn2)c1. The molecule has 0 radical (unpaired) electrons. The van der Waals surface area contributed by atoms with Crippen LogP contribution >= 0.6 is 0 Å². The molecule has 2 N–H and O–H groups in total. The number of aromatic nitrogens is 2. The minimum absolute atomic E-state index is 0.246. The summed E-state index contributed by atoms with van der Waals surface area (Å²) in [6, 6.07) is 10.1. The van der Waals surface area contributed by atoms with Gasteiger partial charge in [0, 0.05) is 31.9 Å². The molecule has 1 saturated heterocycles. The van der Waals surface area contributed by atoms with Crippen molar-refractivity contribution < 1.29 is 19.1 Å². The van der Waals surface area contributed by atoms with Crippen LogP contribution in [0, 0.1) is 0 Å². The van der Waals surface area contributed by atoms with E-state index < -0.39 is 5.97 Å². The molecule has 0 spiro atoms. The molecule has 3 rings (SSSR count). The number of hydrogen-bond acceptors (Lipinski definition) is 8. The first-order valence-corrected chi connectivity index (χ1v) is 9.03. The van der Waals surface area contributed by atoms with Gasteiger partial charge in [-0.1, -0.05) is 6.07 Å². The van der Waals surface area contributed by atoms with Crippen molar-refractivity contribution in [2.75, 3.05) is 51.8 Å². The van der Waals surface area contributed by atoms with E-state index in [1.54, 1.807) is 36.4 Å². The highest BCUT2D eigenvalue weighted by atomic mass is 16.5. The van der Waals surface area contributed by atoms with Gasteiger partial charge < -0.3 is 20.1 Å². The average Bonchev–Trinajstić information content (AvgIpc) is 2.74. The lowest BCUT2D eigenvalue weighted by molar-refractivity contribution is 0.0383. The molecule has 28 heavy (non-hydrogen) atoms. The number of methoxy groups -OCH3 is 1. The molecule has 2 aromatic rings. The van der Waals surface area contributed by atoms with Crippen molar-refractivity contribution in [3.8, 4) is 0 Å². The second-order valence-electron chi connectivity index (χ2n) is 6.21. The van der Waals surface area contributed by atoms with Crippen LogP contribution in [0.3, 0.4) is 0 Å². The minimum atomic E-state index is -0.418. The third-order valence-corrected chi connectivity index (χ3v) is 4.27. The predicted molar refractivity (Wildman–Crippen MR) is 103 cm³/mol. The van der Waals surface area contributed by atoms with E-state index in [0.29, 0.717) is 23.6 Å². The summed E-state index contributed by atoms with van der Waals surface area (Å²) in [5.41, 5.74) is 1.34. The number of rotatable bonds is 7. The Morgan fingerprint density at radius 3 is 2.71 bits per heavy atom. The molecular weight excluding hydrogens is 362 g/mol. The molecule has 0 saturated carbocycles. The molecule has 2 heterocycles. The lowest BCUT2D eigenvalue weighted by Crippen LogP contribution is -2.41. The zero-order chi connectivity index (χ0) is 19.8. The fraction of sp³-hybridized carbons (Fsp3) is 0.368. The molecule has 1 amide bonds. The number of amides is 1. The summed E-state index contributed by atoms with van der Waals surface area (Å²) in [6.45, 7) is 4.55. The van der Waals surface area contributed by atoms with Crippen LogP contribution in [0.2, 0.25) is 0 Å². The van der Waals surface area contributed by atoms with Crippen molar-refractivity contribution in [2.45, 2.75) is 0 Å². The van der Waals surface area contributed by atoms with Crippen molar-refractivity contribution in [1.29, 1.82) is 0 Å². The van der Waals surface area contributed by atoms with E-state index in [9.17, 15) is 9.59 Å². The number of benzene rings is 1. The van der Waals surface area contributed by atoms with Gasteiger partial charge in [0.1, 0.15) is 0 Å². The fourth-order valence-corrected chi connectivity index (χ4v) is 2.75. The number of morpholine rings is 1. The van der Waals surface area contributed by atoms with Gasteiger partial charge in [-0.3, -0.25) is 9.69 Å². The number of nitrogens with zero attached hydrogens (tertiary/aromatic N) is 3. The molecular formula is C19H23N5O4. The van der Waals surface area contributed by atoms with Gasteiger partial charge in [-0.05, 0) is 30.3 Å². The quantitative estimate of drug-likeness (QED) is 0.682. The van der Waals surface area contributed by atoms with E-state index >= 15 is 0 Å². The fourth-order valence-electron chi connectivity index (χ4n) is 2.75. The average molecular weight is 385 g/mol. The van der Waals surface area contributed by atoms with Crippen LogP contribution in [0.5, 0.6) is 0 Å². The number of nitrogens with one attached hydrogen (secondary N) is 2. The Morgan fingerprint density at radius 2 is 2.00 bits per heavy atom. The second-order valence-corrected chi connectivity index (χ2v) is 6.21. The molecule has 0 bridgehead atoms. The van der Waals surface area contributed by atoms with Crippen LogP contribution in [-0.4, -0.2) is 73.5 Å². The first kappa shape index (κ1) is 19.7. The lowest BCUT2D eigenvalue weighted by atomic mass is 10.2. The number of anilines is 2. The Morgan fingerprint density at radius 1 is 1.18 bits per heavy atom. The van der Waals surface area contributed by atoms with Gasteiger partial charge in [0.2, 0.25) is 0 Å². The third kappa shape index (κ3) is 5.48. The zero-order valence-electron chi connectivity index (χ0n) is 15.7. The summed E-state index contributed by atoms with van der Waals surface area (Å²) < 4.78 is 10.0. The zero-order valence-corrected chi connectivity index (χ0v) is 15.7. The molecule has 1 aliphatic rings. The first-order chi connectivity index (χ1) is 13.7. The van der Waals surface area contributed by atoms with E-state index in [4.69, 9.17) is 9.47 Å². The first-order valence-electron chi connectivity index (χ1n) is 9.03. The van der Waals surface area contributed by atoms with Crippen molar-refractivity contribution in [3.05, 3.63) is 47.7 Å². The maximum Gasteiger partial charge on any atom is 0.337 e. The van der Waals surface area contributed by atoms with Gasteiger partial charge in [0.05, 0.1) is 25.9 Å². The number of esters is 1. The van der Waals surface area contributed by atoms with E-state index in [-0.39, 0.29) is 11.6 Å². The summed E-state index contributed by atoms with van der Waals surface area (Å²) in [5, 5.41) is 13.9. The van der Waals surface area contributed by atoms with E-state index in [0.717, 1.165) is 32.8 Å². The maximum atomic E-state index is 12.2. The topological polar surface area (TPSA) is 106 Å². The van der Waals surface area contributed by atoms with Crippen LogP contribution in [0.15, 0.2) is 36.4 Å². The number of hydrogen-bond donors (Lipinski definition) is 2. The monoisotopic (exact) mass is 385 g/mol. The molecule has 1 fully saturated rings. The molecule has 9 heteroatoms. The predicted octanol–water partition coefficient (Wildman–Crippen LogP) is 1.07. The maximum absolute atomic E-state index is 12.2. The Bertz CT molecular complexity index is 806. The number of ether oxygens (including phenoxy) is 2. The van der Waals surface area contributed by atoms with Gasteiger partial charge in [-0.2, -0.15) is 0 Å². The highest BCUT2D eigenvalue weighted by Crippen LogP contribution is 2.16. The molecule has 1 aromatic carbocycles. The van der Waals surface area contributed by atoms with Crippen LogP contribution < -0.4 is 10.6 Å². The van der Waals surface area contributed by atoms with E-state index in [1.165, 1.54) is 7.11 Å². The Labute approximate surface area is 163 Å². The minimum Gasteiger partial charge on any atom is -0.465 e. The number of carbonyl (C=O) groups is 2. The van der Waals surface area contributed by atoms with Crippen molar-refractivity contribution in [3.63, 3.8) is 0 Å². The van der Waals surface area contributed by atoms with Gasteiger partial charge in [0.15, 0.2) is 11.5 Å². The summed E-state index contributed by atoms with van der Waals surface area (Å²) in [4.78, 5) is 26.0. The van der Waals surface area contributed by atoms with E-state index in [2.05, 4.69) is 25.7 Å². The van der Waals surface area contributed by atoms with Gasteiger partial charge >= 0.3 is 5.97 Å². The normalized spacial score (nSPS) is 14.3. The van der Waals surface area contributed by atoms with Crippen molar-refractivity contribution >= 4 is 23.4 Å². The van der Waals surface area contributed by atoms with Gasteiger partial charge in [0.25, 0.3) is 5.91 Å². The number of carbonyl (C=O) groups excluding carboxylic acids is 2. The second kappa shape index (κ2) is 9.77. The standard InChI is InChI=1S/C19H23N5O4/c1-27-19(26)14-3-2-4-15(13-14)21-17-6-5-16(22-23-17)18(25)20-7-8-24-9-11-28-12-10-24/h2-6,13H,7-12H2,1H3,(H,20,25)(H,21,23). The highest BCUT2D eigenvalue weighted by Gasteiger charge is 2.12. The van der Waals surface area contributed by atoms with Crippen molar-refractivity contribution in [2.24, 2.45) is 0 Å². The molecule has 0 aliphatic carbocycles. The van der Waals surface area contributed by atoms with E-state index in [1.807, 2.05) is 0 Å². The molecule has 1 aliphatic heterocycles. The molecule has 9 nitrogen and oxygen atoms in total. The Hall–Kier alpha value is -3.04. The molecule has 148 valence electrons. The molecule has 0 atom stereocenters. The Kier molecular flexibility index (Phi) is 6.88. The lowest BCUT2D eigenvalue weighted by Gasteiger charge is -2.26. The Balaban J connectivity index is 1.51. The van der Waals surface area contributed by atoms with Gasteiger partial charge in [-0.25, -0.2) is 4.79 Å². The summed E-state index contributed by atoms with van der Waals surface area (Å²) in [6.07, 6.45) is 0.